The van der Waals surface area contributed by atoms with Gasteiger partial charge in [0.15, 0.2) is 0 Å². The number of carbonyl (C=O) groups excluding carboxylic acids is 1. The highest BCUT2D eigenvalue weighted by molar-refractivity contribution is 7.18. The van der Waals surface area contributed by atoms with E-state index in [-0.39, 0.29) is 5.91 Å². The highest BCUT2D eigenvalue weighted by Gasteiger charge is 2.16. The van der Waals surface area contributed by atoms with E-state index in [0.717, 1.165) is 16.2 Å². The largest absolute Gasteiger partial charge is 0.326 e. The molecule has 1 N–H and O–H groups in total. The van der Waals surface area contributed by atoms with E-state index in [9.17, 15) is 4.79 Å². The lowest BCUT2D eigenvalue weighted by Gasteiger charge is -2.20. The number of fused-ring (bicyclic) bond motifs is 1. The van der Waals surface area contributed by atoms with Gasteiger partial charge in [-0.25, -0.2) is 4.98 Å². The third-order valence-electron chi connectivity index (χ3n) is 4.54. The molecule has 1 heterocycles. The third kappa shape index (κ3) is 4.13. The number of amides is 1. The Morgan fingerprint density at radius 2 is 1.65 bits per heavy atom. The molecule has 26 heavy (non-hydrogen) atoms. The van der Waals surface area contributed by atoms with Gasteiger partial charge in [0, 0.05) is 18.5 Å². The highest BCUT2D eigenvalue weighted by atomic mass is 32.1. The lowest BCUT2D eigenvalue weighted by Crippen LogP contribution is -2.16. The number of para-hydroxylation sites is 2. The number of nitrogens with zero attached hydrogens (tertiary/aromatic N) is 1. The third-order valence-corrected chi connectivity index (χ3v) is 5.64. The molecule has 0 aliphatic heterocycles. The second-order valence-corrected chi connectivity index (χ2v) is 8.36. The summed E-state index contributed by atoms with van der Waals surface area (Å²) >= 11 is 1.67. The second kappa shape index (κ2) is 8.00. The number of rotatable bonds is 6. The summed E-state index contributed by atoms with van der Waals surface area (Å²) in [5, 5.41) is 4.20. The molecule has 0 atom stereocenters. The molecule has 4 heteroatoms. The van der Waals surface area contributed by atoms with Gasteiger partial charge in [0.05, 0.1) is 15.2 Å². The number of benzene rings is 2. The molecule has 1 amide bonds. The van der Waals surface area contributed by atoms with Crippen molar-refractivity contribution in [2.75, 3.05) is 5.32 Å². The standard InChI is InChI=1S/C22H26N2OS/c1-14(2)16-8-7-9-17(15(3)4)22(16)24-20(25)12-13-21-23-18-10-5-6-11-19(18)26-21/h5-11,14-15H,12-13H2,1-4H3,(H,24,25). The van der Waals surface area contributed by atoms with Crippen LogP contribution in [0.1, 0.15) is 62.1 Å². The first-order chi connectivity index (χ1) is 12.5. The Kier molecular flexibility index (Phi) is 5.72. The van der Waals surface area contributed by atoms with Crippen LogP contribution >= 0.6 is 11.3 Å². The van der Waals surface area contributed by atoms with Crippen molar-refractivity contribution in [1.82, 2.24) is 4.98 Å². The molecule has 0 saturated carbocycles. The van der Waals surface area contributed by atoms with Gasteiger partial charge in [-0.3, -0.25) is 4.79 Å². The number of aryl methyl sites for hydroxylation is 1. The predicted molar refractivity (Wildman–Crippen MR) is 111 cm³/mol. The van der Waals surface area contributed by atoms with Crippen LogP contribution in [0.25, 0.3) is 10.2 Å². The first-order valence-electron chi connectivity index (χ1n) is 9.22. The van der Waals surface area contributed by atoms with Crippen LogP contribution < -0.4 is 5.32 Å². The van der Waals surface area contributed by atoms with Crippen LogP contribution in [0.15, 0.2) is 42.5 Å². The number of carbonyl (C=O) groups is 1. The number of hydrogen-bond acceptors (Lipinski definition) is 3. The van der Waals surface area contributed by atoms with Crippen LogP contribution in [-0.4, -0.2) is 10.9 Å². The monoisotopic (exact) mass is 366 g/mol. The van der Waals surface area contributed by atoms with E-state index in [4.69, 9.17) is 0 Å². The number of nitrogens with one attached hydrogen (secondary N) is 1. The molecule has 0 radical (unpaired) electrons. The molecule has 2 aromatic carbocycles. The average Bonchev–Trinajstić information content (AvgIpc) is 3.02. The molecule has 0 saturated heterocycles. The normalized spacial score (nSPS) is 11.5. The van der Waals surface area contributed by atoms with Gasteiger partial charge in [0.1, 0.15) is 0 Å². The summed E-state index contributed by atoms with van der Waals surface area (Å²) in [6.45, 7) is 8.65. The van der Waals surface area contributed by atoms with E-state index in [1.165, 1.54) is 15.8 Å². The maximum absolute atomic E-state index is 12.6. The van der Waals surface area contributed by atoms with Gasteiger partial charge in [0.2, 0.25) is 5.91 Å². The number of hydrogen-bond donors (Lipinski definition) is 1. The SMILES string of the molecule is CC(C)c1cccc(C(C)C)c1NC(=O)CCc1nc2ccccc2s1. The second-order valence-electron chi connectivity index (χ2n) is 7.24. The molecule has 3 nitrogen and oxygen atoms in total. The molecular formula is C22H26N2OS. The smallest absolute Gasteiger partial charge is 0.224 e. The van der Waals surface area contributed by atoms with Gasteiger partial charge in [-0.05, 0) is 35.1 Å². The summed E-state index contributed by atoms with van der Waals surface area (Å²) < 4.78 is 1.18. The average molecular weight is 367 g/mol. The Hall–Kier alpha value is -2.20. The lowest BCUT2D eigenvalue weighted by molar-refractivity contribution is -0.116. The van der Waals surface area contributed by atoms with E-state index in [1.54, 1.807) is 11.3 Å². The minimum Gasteiger partial charge on any atom is -0.326 e. The predicted octanol–water partition coefficient (Wildman–Crippen LogP) is 6.11. The van der Waals surface area contributed by atoms with E-state index in [1.807, 2.05) is 18.2 Å². The zero-order chi connectivity index (χ0) is 18.7. The van der Waals surface area contributed by atoms with Crippen molar-refractivity contribution in [1.29, 1.82) is 0 Å². The summed E-state index contributed by atoms with van der Waals surface area (Å²) in [5.41, 5.74) is 4.40. The first kappa shape index (κ1) is 18.6. The molecule has 0 fully saturated rings. The van der Waals surface area contributed by atoms with E-state index >= 15 is 0 Å². The minimum absolute atomic E-state index is 0.0549. The summed E-state index contributed by atoms with van der Waals surface area (Å²) in [4.78, 5) is 17.2. The molecule has 0 aliphatic carbocycles. The molecule has 3 aromatic rings. The van der Waals surface area contributed by atoms with Gasteiger partial charge >= 0.3 is 0 Å². The van der Waals surface area contributed by atoms with E-state index < -0.39 is 0 Å². The fourth-order valence-corrected chi connectivity index (χ4v) is 4.11. The molecule has 0 aliphatic rings. The molecule has 1 aromatic heterocycles. The van der Waals surface area contributed by atoms with Gasteiger partial charge in [0.25, 0.3) is 0 Å². The number of aromatic nitrogens is 1. The van der Waals surface area contributed by atoms with Crippen molar-refractivity contribution in [3.8, 4) is 0 Å². The van der Waals surface area contributed by atoms with Crippen LogP contribution in [0.4, 0.5) is 5.69 Å². The maximum Gasteiger partial charge on any atom is 0.224 e. The van der Waals surface area contributed by atoms with Crippen LogP contribution in [-0.2, 0) is 11.2 Å². The molecule has 0 unspecified atom stereocenters. The molecule has 0 spiro atoms. The number of thiazole rings is 1. The number of anilines is 1. The van der Waals surface area contributed by atoms with Crippen molar-refractivity contribution in [3.63, 3.8) is 0 Å². The van der Waals surface area contributed by atoms with Crippen molar-refractivity contribution in [2.45, 2.75) is 52.4 Å². The Morgan fingerprint density at radius 3 is 2.27 bits per heavy atom. The van der Waals surface area contributed by atoms with E-state index in [0.29, 0.717) is 24.7 Å². The van der Waals surface area contributed by atoms with Crippen molar-refractivity contribution in [2.24, 2.45) is 0 Å². The summed E-state index contributed by atoms with van der Waals surface area (Å²) in [7, 11) is 0. The Balaban J connectivity index is 1.73. The van der Waals surface area contributed by atoms with Crippen LogP contribution in [0.2, 0.25) is 0 Å². The van der Waals surface area contributed by atoms with Gasteiger partial charge in [-0.15, -0.1) is 11.3 Å². The van der Waals surface area contributed by atoms with Crippen LogP contribution in [0, 0.1) is 0 Å². The Morgan fingerprint density at radius 1 is 1.00 bits per heavy atom. The van der Waals surface area contributed by atoms with Crippen LogP contribution in [0.3, 0.4) is 0 Å². The van der Waals surface area contributed by atoms with Gasteiger partial charge in [-0.1, -0.05) is 58.0 Å². The summed E-state index contributed by atoms with van der Waals surface area (Å²) in [5.74, 6) is 0.792. The Labute approximate surface area is 159 Å². The maximum atomic E-state index is 12.6. The van der Waals surface area contributed by atoms with Gasteiger partial charge < -0.3 is 5.32 Å². The first-order valence-corrected chi connectivity index (χ1v) is 10.0. The summed E-state index contributed by atoms with van der Waals surface area (Å²) in [6.07, 6.45) is 1.12. The minimum atomic E-state index is 0.0549. The highest BCUT2D eigenvalue weighted by Crippen LogP contribution is 2.32. The summed E-state index contributed by atoms with van der Waals surface area (Å²) in [6, 6.07) is 14.4. The fraction of sp³-hybridized carbons (Fsp3) is 0.364. The van der Waals surface area contributed by atoms with Crippen molar-refractivity contribution >= 4 is 33.1 Å². The Bertz CT molecular complexity index is 852. The molecular weight excluding hydrogens is 340 g/mol. The zero-order valence-corrected chi connectivity index (χ0v) is 16.7. The fourth-order valence-electron chi connectivity index (χ4n) is 3.14. The quantitative estimate of drug-likeness (QED) is 0.571. The van der Waals surface area contributed by atoms with Crippen molar-refractivity contribution in [3.05, 3.63) is 58.6 Å². The lowest BCUT2D eigenvalue weighted by atomic mass is 9.92. The molecule has 136 valence electrons. The van der Waals surface area contributed by atoms with Crippen LogP contribution in [0.5, 0.6) is 0 Å². The van der Waals surface area contributed by atoms with Crippen molar-refractivity contribution < 1.29 is 4.79 Å². The zero-order valence-electron chi connectivity index (χ0n) is 15.9. The molecule has 0 bridgehead atoms. The molecule has 3 rings (SSSR count). The van der Waals surface area contributed by atoms with Gasteiger partial charge in [-0.2, -0.15) is 0 Å². The topological polar surface area (TPSA) is 42.0 Å². The van der Waals surface area contributed by atoms with E-state index in [2.05, 4.69) is 62.3 Å².